The van der Waals surface area contributed by atoms with Crippen LogP contribution in [-0.2, 0) is 16.0 Å². The lowest BCUT2D eigenvalue weighted by molar-refractivity contribution is -0.121. The van der Waals surface area contributed by atoms with Gasteiger partial charge in [-0.1, -0.05) is 30.3 Å². The van der Waals surface area contributed by atoms with Gasteiger partial charge in [0.2, 0.25) is 5.91 Å². The van der Waals surface area contributed by atoms with Crippen LogP contribution in [0.25, 0.3) is 0 Å². The second-order valence-electron chi connectivity index (χ2n) is 6.36. The summed E-state index contributed by atoms with van der Waals surface area (Å²) in [4.78, 5) is 26.0. The van der Waals surface area contributed by atoms with Crippen molar-refractivity contribution in [2.24, 2.45) is 0 Å². The van der Waals surface area contributed by atoms with Crippen LogP contribution in [0.1, 0.15) is 25.8 Å². The number of fused-ring (bicyclic) bond motifs is 1. The number of amides is 2. The van der Waals surface area contributed by atoms with Crippen molar-refractivity contribution in [3.63, 3.8) is 0 Å². The van der Waals surface area contributed by atoms with Crippen molar-refractivity contribution in [1.29, 1.82) is 0 Å². The van der Waals surface area contributed by atoms with Crippen LogP contribution in [0.2, 0.25) is 0 Å². The summed E-state index contributed by atoms with van der Waals surface area (Å²) < 4.78 is 5.48. The molecule has 2 aromatic rings. The van der Waals surface area contributed by atoms with E-state index in [1.807, 2.05) is 44.2 Å². The van der Waals surface area contributed by atoms with Crippen LogP contribution in [0.5, 0.6) is 5.75 Å². The Bertz CT molecular complexity index is 772. The van der Waals surface area contributed by atoms with E-state index in [9.17, 15) is 9.59 Å². The SMILES string of the molecule is CC(C)N1C(=O)COc2ccc(NC(=O)CCc3ccccc3)cc21. The summed E-state index contributed by atoms with van der Waals surface area (Å²) in [5, 5.41) is 2.90. The minimum Gasteiger partial charge on any atom is -0.482 e. The van der Waals surface area contributed by atoms with E-state index in [4.69, 9.17) is 4.74 Å². The number of benzene rings is 2. The summed E-state index contributed by atoms with van der Waals surface area (Å²) in [6.07, 6.45) is 1.10. The molecule has 0 aliphatic carbocycles. The topological polar surface area (TPSA) is 58.6 Å². The number of ether oxygens (including phenoxy) is 1. The van der Waals surface area contributed by atoms with Gasteiger partial charge in [-0.2, -0.15) is 0 Å². The third kappa shape index (κ3) is 3.99. The minimum atomic E-state index is -0.0740. The maximum Gasteiger partial charge on any atom is 0.265 e. The highest BCUT2D eigenvalue weighted by molar-refractivity contribution is 6.00. The maximum absolute atomic E-state index is 12.2. The molecule has 0 bridgehead atoms. The molecule has 1 aliphatic heterocycles. The first-order valence-corrected chi connectivity index (χ1v) is 8.47. The summed E-state index contributed by atoms with van der Waals surface area (Å²) in [7, 11) is 0. The Kier molecular flexibility index (Phi) is 5.03. The largest absolute Gasteiger partial charge is 0.482 e. The smallest absolute Gasteiger partial charge is 0.265 e. The molecule has 3 rings (SSSR count). The molecule has 0 unspecified atom stereocenters. The van der Waals surface area contributed by atoms with Crippen LogP contribution in [0.3, 0.4) is 0 Å². The molecular formula is C20H22N2O3. The first kappa shape index (κ1) is 17.0. The first-order valence-electron chi connectivity index (χ1n) is 8.47. The zero-order valence-corrected chi connectivity index (χ0v) is 14.5. The Balaban J connectivity index is 1.69. The van der Waals surface area contributed by atoms with Gasteiger partial charge in [0.25, 0.3) is 5.91 Å². The molecule has 0 radical (unpaired) electrons. The van der Waals surface area contributed by atoms with Gasteiger partial charge < -0.3 is 15.0 Å². The predicted molar refractivity (Wildman–Crippen MR) is 98.0 cm³/mol. The lowest BCUT2D eigenvalue weighted by atomic mass is 10.1. The molecular weight excluding hydrogens is 316 g/mol. The van der Waals surface area contributed by atoms with E-state index in [0.717, 1.165) is 5.56 Å². The Morgan fingerprint density at radius 3 is 2.68 bits per heavy atom. The number of hydrogen-bond acceptors (Lipinski definition) is 3. The van der Waals surface area contributed by atoms with Gasteiger partial charge in [-0.25, -0.2) is 0 Å². The molecule has 2 aromatic carbocycles. The summed E-state index contributed by atoms with van der Waals surface area (Å²) >= 11 is 0. The van der Waals surface area contributed by atoms with Gasteiger partial charge in [0, 0.05) is 18.2 Å². The van der Waals surface area contributed by atoms with Crippen LogP contribution in [-0.4, -0.2) is 24.5 Å². The lowest BCUT2D eigenvalue weighted by Gasteiger charge is -2.32. The number of anilines is 2. The molecule has 1 N–H and O–H groups in total. The molecule has 0 saturated heterocycles. The van der Waals surface area contributed by atoms with E-state index < -0.39 is 0 Å². The maximum atomic E-state index is 12.2. The highest BCUT2D eigenvalue weighted by Gasteiger charge is 2.27. The number of carbonyl (C=O) groups excluding carboxylic acids is 2. The fourth-order valence-electron chi connectivity index (χ4n) is 2.94. The number of hydrogen-bond donors (Lipinski definition) is 1. The van der Waals surface area contributed by atoms with E-state index >= 15 is 0 Å². The van der Waals surface area contributed by atoms with Gasteiger partial charge in [0.1, 0.15) is 5.75 Å². The average Bonchev–Trinajstić information content (AvgIpc) is 2.60. The van der Waals surface area contributed by atoms with Crippen LogP contribution in [0.4, 0.5) is 11.4 Å². The Hall–Kier alpha value is -2.82. The summed E-state index contributed by atoms with van der Waals surface area (Å²) in [5.41, 5.74) is 2.50. The predicted octanol–water partition coefficient (Wildman–Crippen LogP) is 3.39. The van der Waals surface area contributed by atoms with E-state index in [0.29, 0.717) is 30.0 Å². The Morgan fingerprint density at radius 2 is 1.96 bits per heavy atom. The number of carbonyl (C=O) groups is 2. The van der Waals surface area contributed by atoms with Crippen molar-refractivity contribution in [3.8, 4) is 5.75 Å². The third-order valence-corrected chi connectivity index (χ3v) is 4.12. The van der Waals surface area contributed by atoms with Gasteiger partial charge in [0.15, 0.2) is 6.61 Å². The van der Waals surface area contributed by atoms with E-state index in [2.05, 4.69) is 5.32 Å². The van der Waals surface area contributed by atoms with Gasteiger partial charge in [-0.15, -0.1) is 0 Å². The zero-order valence-electron chi connectivity index (χ0n) is 14.5. The molecule has 0 aromatic heterocycles. The molecule has 25 heavy (non-hydrogen) atoms. The number of aryl methyl sites for hydroxylation is 1. The van der Waals surface area contributed by atoms with Crippen molar-refractivity contribution in [3.05, 3.63) is 54.1 Å². The van der Waals surface area contributed by atoms with E-state index in [1.54, 1.807) is 23.1 Å². The molecule has 0 fully saturated rings. The highest BCUT2D eigenvalue weighted by atomic mass is 16.5. The van der Waals surface area contributed by atoms with Crippen LogP contribution >= 0.6 is 0 Å². The van der Waals surface area contributed by atoms with Crippen LogP contribution in [0.15, 0.2) is 48.5 Å². The standard InChI is InChI=1S/C20H22N2O3/c1-14(2)22-17-12-16(9-10-18(17)25-13-20(22)24)21-19(23)11-8-15-6-4-3-5-7-15/h3-7,9-10,12,14H,8,11,13H2,1-2H3,(H,21,23). The summed E-state index contributed by atoms with van der Waals surface area (Å²) in [5.74, 6) is 0.536. The Morgan fingerprint density at radius 1 is 1.20 bits per heavy atom. The van der Waals surface area contributed by atoms with Crippen molar-refractivity contribution in [2.75, 3.05) is 16.8 Å². The molecule has 5 nitrogen and oxygen atoms in total. The van der Waals surface area contributed by atoms with Gasteiger partial charge >= 0.3 is 0 Å². The molecule has 2 amide bonds. The fourth-order valence-corrected chi connectivity index (χ4v) is 2.94. The molecule has 130 valence electrons. The average molecular weight is 338 g/mol. The number of nitrogens with zero attached hydrogens (tertiary/aromatic N) is 1. The lowest BCUT2D eigenvalue weighted by Crippen LogP contribution is -2.43. The van der Waals surface area contributed by atoms with Crippen LogP contribution in [0, 0.1) is 0 Å². The van der Waals surface area contributed by atoms with Crippen LogP contribution < -0.4 is 15.0 Å². The third-order valence-electron chi connectivity index (χ3n) is 4.12. The van der Waals surface area contributed by atoms with Crippen molar-refractivity contribution in [2.45, 2.75) is 32.7 Å². The summed E-state index contributed by atoms with van der Waals surface area (Å²) in [6, 6.07) is 15.3. The monoisotopic (exact) mass is 338 g/mol. The molecule has 5 heteroatoms. The van der Waals surface area contributed by atoms with Gasteiger partial charge in [-0.05, 0) is 44.0 Å². The van der Waals surface area contributed by atoms with Gasteiger partial charge in [-0.3, -0.25) is 9.59 Å². The number of rotatable bonds is 5. The number of nitrogens with one attached hydrogen (secondary N) is 1. The van der Waals surface area contributed by atoms with Crippen molar-refractivity contribution >= 4 is 23.2 Å². The van der Waals surface area contributed by atoms with E-state index in [1.165, 1.54) is 0 Å². The molecule has 0 atom stereocenters. The first-order chi connectivity index (χ1) is 12.0. The highest BCUT2D eigenvalue weighted by Crippen LogP contribution is 2.35. The second-order valence-corrected chi connectivity index (χ2v) is 6.36. The summed E-state index contributed by atoms with van der Waals surface area (Å²) in [6.45, 7) is 3.96. The van der Waals surface area contributed by atoms with E-state index in [-0.39, 0.29) is 24.5 Å². The fraction of sp³-hybridized carbons (Fsp3) is 0.300. The molecule has 1 heterocycles. The van der Waals surface area contributed by atoms with Crippen molar-refractivity contribution in [1.82, 2.24) is 0 Å². The quantitative estimate of drug-likeness (QED) is 0.909. The molecule has 0 spiro atoms. The van der Waals surface area contributed by atoms with Crippen molar-refractivity contribution < 1.29 is 14.3 Å². The normalized spacial score (nSPS) is 13.4. The Labute approximate surface area is 147 Å². The van der Waals surface area contributed by atoms with Gasteiger partial charge in [0.05, 0.1) is 5.69 Å². The zero-order chi connectivity index (χ0) is 17.8. The second kappa shape index (κ2) is 7.38. The molecule has 0 saturated carbocycles. The molecule has 1 aliphatic rings. The minimum absolute atomic E-state index is 0.0270.